The van der Waals surface area contributed by atoms with Crippen LogP contribution < -0.4 is 20.3 Å². The van der Waals surface area contributed by atoms with E-state index < -0.39 is 22.2 Å². The fourth-order valence-electron chi connectivity index (χ4n) is 4.78. The molecule has 1 amide bonds. The molecule has 0 saturated carbocycles. The Labute approximate surface area is 231 Å². The van der Waals surface area contributed by atoms with Crippen molar-refractivity contribution in [3.05, 3.63) is 95.6 Å². The molecule has 208 valence electrons. The smallest absolute Gasteiger partial charge is 0.251 e. The van der Waals surface area contributed by atoms with E-state index in [1.54, 1.807) is 18.2 Å². The highest BCUT2D eigenvalue weighted by Gasteiger charge is 2.28. The summed E-state index contributed by atoms with van der Waals surface area (Å²) in [6, 6.07) is 24.2. The maximum atomic E-state index is 13.6. The molecule has 2 atom stereocenters. The molecule has 0 aromatic heterocycles. The third-order valence-corrected chi connectivity index (χ3v) is 8.67. The van der Waals surface area contributed by atoms with E-state index in [0.29, 0.717) is 56.0 Å². The van der Waals surface area contributed by atoms with E-state index in [0.717, 1.165) is 17.5 Å². The van der Waals surface area contributed by atoms with Crippen LogP contribution in [0.3, 0.4) is 0 Å². The van der Waals surface area contributed by atoms with Gasteiger partial charge in [0.1, 0.15) is 0 Å². The number of benzene rings is 3. The Bertz CT molecular complexity index is 1320. The van der Waals surface area contributed by atoms with Gasteiger partial charge in [0, 0.05) is 37.4 Å². The van der Waals surface area contributed by atoms with Crippen molar-refractivity contribution in [3.63, 3.8) is 0 Å². The number of hydrogen-bond donors (Lipinski definition) is 4. The molecule has 1 heterocycles. The lowest BCUT2D eigenvalue weighted by Gasteiger charge is -2.29. The van der Waals surface area contributed by atoms with Crippen molar-refractivity contribution in [1.29, 1.82) is 0 Å². The van der Waals surface area contributed by atoms with Crippen molar-refractivity contribution in [2.24, 2.45) is 0 Å². The van der Waals surface area contributed by atoms with Crippen LogP contribution in [0.2, 0.25) is 0 Å². The van der Waals surface area contributed by atoms with Gasteiger partial charge in [0.05, 0.1) is 23.6 Å². The molecule has 0 aliphatic carbocycles. The number of rotatable bonds is 12. The average Bonchev–Trinajstić information content (AvgIpc) is 2.93. The molecule has 0 spiro atoms. The maximum Gasteiger partial charge on any atom is 0.251 e. The number of carbonyl (C=O) groups is 1. The lowest BCUT2D eigenvalue weighted by atomic mass is 10.00. The van der Waals surface area contributed by atoms with Crippen LogP contribution in [0.4, 0.5) is 11.4 Å². The minimum absolute atomic E-state index is 0.0985. The van der Waals surface area contributed by atoms with Gasteiger partial charge in [-0.15, -0.1) is 0 Å². The van der Waals surface area contributed by atoms with Crippen molar-refractivity contribution in [2.45, 2.75) is 44.9 Å². The first kappa shape index (κ1) is 28.6. The highest BCUT2D eigenvalue weighted by molar-refractivity contribution is 7.92. The maximum absolute atomic E-state index is 13.6. The number of aliphatic hydroxyl groups is 1. The summed E-state index contributed by atoms with van der Waals surface area (Å²) in [5.74, 6) is -0.269. The molecule has 0 unspecified atom stereocenters. The summed E-state index contributed by atoms with van der Waals surface area (Å²) in [6.07, 6.45) is 1.00. The first-order valence-electron chi connectivity index (χ1n) is 13.5. The summed E-state index contributed by atoms with van der Waals surface area (Å²) in [5, 5.41) is 20.6. The molecule has 1 fully saturated rings. The zero-order valence-electron chi connectivity index (χ0n) is 22.3. The molecule has 3 aromatic rings. The van der Waals surface area contributed by atoms with Crippen LogP contribution in [0.5, 0.6) is 0 Å². The molecule has 1 aliphatic rings. The van der Waals surface area contributed by atoms with E-state index in [2.05, 4.69) is 16.0 Å². The third-order valence-electron chi connectivity index (χ3n) is 6.80. The summed E-state index contributed by atoms with van der Waals surface area (Å²) >= 11 is 0. The van der Waals surface area contributed by atoms with Crippen molar-refractivity contribution in [3.8, 4) is 0 Å². The van der Waals surface area contributed by atoms with Gasteiger partial charge in [-0.2, -0.15) is 0 Å². The molecular formula is C30H38N4O4S. The molecule has 39 heavy (non-hydrogen) atoms. The molecular weight excluding hydrogens is 512 g/mol. The Morgan fingerprint density at radius 1 is 0.974 bits per heavy atom. The van der Waals surface area contributed by atoms with Gasteiger partial charge in [0.25, 0.3) is 5.91 Å². The van der Waals surface area contributed by atoms with E-state index in [9.17, 15) is 18.3 Å². The van der Waals surface area contributed by atoms with Gasteiger partial charge in [-0.3, -0.25) is 9.10 Å². The van der Waals surface area contributed by atoms with Gasteiger partial charge in [-0.25, -0.2) is 8.42 Å². The van der Waals surface area contributed by atoms with E-state index in [4.69, 9.17) is 0 Å². The van der Waals surface area contributed by atoms with Gasteiger partial charge in [0.2, 0.25) is 10.0 Å². The van der Waals surface area contributed by atoms with Crippen molar-refractivity contribution in [1.82, 2.24) is 10.6 Å². The summed E-state index contributed by atoms with van der Waals surface area (Å²) in [4.78, 5) is 13.6. The molecule has 0 radical (unpaired) electrons. The number of nitrogens with zero attached hydrogens (tertiary/aromatic N) is 1. The second-order valence-corrected chi connectivity index (χ2v) is 11.9. The fraction of sp³-hybridized carbons (Fsp3) is 0.367. The number of sulfonamides is 1. The predicted octanol–water partition coefficient (Wildman–Crippen LogP) is 3.54. The number of hydrogen-bond acceptors (Lipinski definition) is 6. The van der Waals surface area contributed by atoms with Gasteiger partial charge in [-0.1, -0.05) is 60.7 Å². The fourth-order valence-corrected chi connectivity index (χ4v) is 6.40. The molecule has 9 heteroatoms. The minimum atomic E-state index is -3.44. The molecule has 1 saturated heterocycles. The first-order valence-corrected chi connectivity index (χ1v) is 15.1. The number of nitrogens with one attached hydrogen (secondary N) is 3. The normalized spacial score (nSPS) is 16.3. The van der Waals surface area contributed by atoms with E-state index in [-0.39, 0.29) is 11.7 Å². The zero-order valence-corrected chi connectivity index (χ0v) is 23.2. The van der Waals surface area contributed by atoms with Crippen molar-refractivity contribution >= 4 is 27.3 Å². The van der Waals surface area contributed by atoms with Gasteiger partial charge in [0.15, 0.2) is 0 Å². The standard InChI is InChI=1S/C30H38N4O4S/c1-2-32-26-18-25(19-27(20-26)34-15-9-10-16-39(34,37)38)30(36)33-28(17-23-11-5-3-6-12-23)29(35)22-31-21-24-13-7-4-8-14-24/h3-8,11-14,18-20,28-29,31-32,35H,2,9-10,15-17,21-22H2,1H3,(H,33,36)/t28-,29+/m0/s1. The molecule has 1 aliphatic heterocycles. The second kappa shape index (κ2) is 13.6. The summed E-state index contributed by atoms with van der Waals surface area (Å²) in [7, 11) is -3.44. The summed E-state index contributed by atoms with van der Waals surface area (Å²) in [5.41, 5.74) is 3.58. The molecule has 8 nitrogen and oxygen atoms in total. The van der Waals surface area contributed by atoms with E-state index in [1.165, 1.54) is 4.31 Å². The van der Waals surface area contributed by atoms with Crippen LogP contribution in [-0.4, -0.2) is 57.0 Å². The third kappa shape index (κ3) is 8.05. The first-order chi connectivity index (χ1) is 18.9. The quantitative estimate of drug-likeness (QED) is 0.275. The highest BCUT2D eigenvalue weighted by atomic mass is 32.2. The lowest BCUT2D eigenvalue weighted by molar-refractivity contribution is 0.0830. The lowest BCUT2D eigenvalue weighted by Crippen LogP contribution is -2.48. The summed E-state index contributed by atoms with van der Waals surface area (Å²) < 4.78 is 26.9. The Morgan fingerprint density at radius 2 is 1.67 bits per heavy atom. The molecule has 4 rings (SSSR count). The minimum Gasteiger partial charge on any atom is -0.390 e. The largest absolute Gasteiger partial charge is 0.390 e. The van der Waals surface area contributed by atoms with Crippen LogP contribution in [0.1, 0.15) is 41.3 Å². The monoisotopic (exact) mass is 550 g/mol. The SMILES string of the molecule is CCNc1cc(C(=O)N[C@@H](Cc2ccccc2)[C@H](O)CNCc2ccccc2)cc(N2CCCCS2(=O)=O)c1. The molecule has 4 N–H and O–H groups in total. The van der Waals surface area contributed by atoms with Crippen LogP contribution >= 0.6 is 0 Å². The van der Waals surface area contributed by atoms with Crippen molar-refractivity contribution < 1.29 is 18.3 Å². The van der Waals surface area contributed by atoms with Crippen LogP contribution in [0.15, 0.2) is 78.9 Å². The van der Waals surface area contributed by atoms with Crippen LogP contribution in [-0.2, 0) is 23.0 Å². The zero-order chi connectivity index (χ0) is 27.7. The number of anilines is 2. The van der Waals surface area contributed by atoms with Gasteiger partial charge in [-0.05, 0) is 55.5 Å². The van der Waals surface area contributed by atoms with Crippen molar-refractivity contribution in [2.75, 3.05) is 35.0 Å². The number of carbonyl (C=O) groups excluding carboxylic acids is 1. The summed E-state index contributed by atoms with van der Waals surface area (Å²) in [6.45, 7) is 3.85. The predicted molar refractivity (Wildman–Crippen MR) is 157 cm³/mol. The Balaban J connectivity index is 1.54. The molecule has 0 bridgehead atoms. The topological polar surface area (TPSA) is 111 Å². The Hall–Kier alpha value is -3.40. The number of aliphatic hydroxyl groups excluding tert-OH is 1. The second-order valence-electron chi connectivity index (χ2n) is 9.85. The Kier molecular flexibility index (Phi) is 9.97. The highest BCUT2D eigenvalue weighted by Crippen LogP contribution is 2.28. The average molecular weight is 551 g/mol. The van der Waals surface area contributed by atoms with Gasteiger partial charge >= 0.3 is 0 Å². The molecule has 3 aromatic carbocycles. The van der Waals surface area contributed by atoms with Gasteiger partial charge < -0.3 is 21.1 Å². The van der Waals surface area contributed by atoms with Crippen LogP contribution in [0.25, 0.3) is 0 Å². The number of amides is 1. The Morgan fingerprint density at radius 3 is 2.33 bits per heavy atom. The van der Waals surface area contributed by atoms with E-state index >= 15 is 0 Å². The van der Waals surface area contributed by atoms with Crippen LogP contribution in [0, 0.1) is 0 Å². The van der Waals surface area contributed by atoms with E-state index in [1.807, 2.05) is 67.6 Å².